The first-order valence-corrected chi connectivity index (χ1v) is 24.6. The summed E-state index contributed by atoms with van der Waals surface area (Å²) in [4.78, 5) is 70.7. The van der Waals surface area contributed by atoms with Gasteiger partial charge in [-0.05, 0) is 125 Å². The van der Waals surface area contributed by atoms with Crippen molar-refractivity contribution in [1.82, 2.24) is 25.3 Å². The molecule has 0 aromatic heterocycles. The minimum absolute atomic E-state index is 0.0199. The van der Waals surface area contributed by atoms with Crippen LogP contribution in [-0.2, 0) is 37.0 Å². The summed E-state index contributed by atoms with van der Waals surface area (Å²) in [6, 6.07) is 34.1. The maximum atomic E-state index is 13.8. The second kappa shape index (κ2) is 22.7. The largest absolute Gasteiger partial charge is 0.444 e. The number of nitrogens with one attached hydrogen (secondary N) is 4. The van der Waals surface area contributed by atoms with Crippen molar-refractivity contribution in [2.75, 3.05) is 19.6 Å². The number of carbonyl (C=O) groups is 5. The van der Waals surface area contributed by atoms with Crippen molar-refractivity contribution in [1.29, 1.82) is 10.8 Å². The SMILES string of the molecule is CC(=N)c1ccc(CNC(=O)[C@@H]2CCN2C(=O)[C@@H]2CCC[C@H](c3ccccc3)C2)cc1.CC(=N)c1ccc(CNC(=O)[C@@H]2CCN2C(=O)[C@H]2C[C@@H](c3ccccc3)CCN2C(=O)OC(C)(C)C)cc1. The van der Waals surface area contributed by atoms with Crippen LogP contribution < -0.4 is 10.6 Å². The topological polar surface area (TPSA) is 176 Å². The number of likely N-dealkylation sites (tertiary alicyclic amines) is 3. The molecule has 1 aliphatic carbocycles. The summed E-state index contributed by atoms with van der Waals surface area (Å²) >= 11 is 0. The Balaban J connectivity index is 0.000000208. The molecule has 13 heteroatoms. The Kier molecular flexibility index (Phi) is 16.5. The molecule has 4 aromatic carbocycles. The number of amides is 5. The van der Waals surface area contributed by atoms with Gasteiger partial charge in [-0.3, -0.25) is 24.1 Å². The van der Waals surface area contributed by atoms with Crippen molar-refractivity contribution in [3.05, 3.63) is 143 Å². The predicted molar refractivity (Wildman–Crippen MR) is 268 cm³/mol. The molecule has 13 nitrogen and oxygen atoms in total. The molecule has 3 saturated heterocycles. The molecular weight excluding hydrogens is 867 g/mol. The Hall–Kier alpha value is -6.63. The second-order valence-corrected chi connectivity index (χ2v) is 20.0. The average Bonchev–Trinajstić information content (AvgIpc) is 3.32. The van der Waals surface area contributed by atoms with Crippen molar-refractivity contribution in [2.24, 2.45) is 5.92 Å². The van der Waals surface area contributed by atoms with Gasteiger partial charge in [0.15, 0.2) is 0 Å². The van der Waals surface area contributed by atoms with Crippen LogP contribution in [-0.4, -0.2) is 99.2 Å². The van der Waals surface area contributed by atoms with E-state index in [1.54, 1.807) is 28.5 Å². The molecule has 3 aliphatic heterocycles. The fraction of sp³-hybridized carbons (Fsp3) is 0.446. The molecule has 4 fully saturated rings. The van der Waals surface area contributed by atoms with Gasteiger partial charge in [-0.1, -0.05) is 116 Å². The molecule has 1 saturated carbocycles. The van der Waals surface area contributed by atoms with E-state index in [0.29, 0.717) is 62.9 Å². The van der Waals surface area contributed by atoms with E-state index in [-0.39, 0.29) is 41.5 Å². The van der Waals surface area contributed by atoms with Crippen LogP contribution in [0.5, 0.6) is 0 Å². The van der Waals surface area contributed by atoms with Crippen LogP contribution >= 0.6 is 0 Å². The zero-order valence-electron chi connectivity index (χ0n) is 40.8. The van der Waals surface area contributed by atoms with Gasteiger partial charge in [0.1, 0.15) is 23.7 Å². The number of hydrogen-bond acceptors (Lipinski definition) is 8. The molecule has 0 unspecified atom stereocenters. The van der Waals surface area contributed by atoms with Crippen LogP contribution in [0.15, 0.2) is 109 Å². The standard InChI is InChI=1S/C30H38N4O4.C26H31N3O2/c1-20(31)22-12-10-21(11-13-22)19-32-27(35)25-15-17-33(25)28(36)26-18-24(23-8-6-5-7-9-23)14-16-34(26)29(37)38-30(2,3)4;1-18(27)20-12-10-19(11-13-20)17-28-25(30)24-14-15-29(24)26(31)23-9-5-8-22(16-23)21-6-3-2-4-7-21/h5-13,24-26,31H,14-19H2,1-4H3,(H,32,35);2-4,6-7,10-13,22-24,27H,5,8-9,14-17H2,1H3,(H,28,30)/t24-,25-,26+;22-,23+,24-/m00/s1. The third-order valence-corrected chi connectivity index (χ3v) is 14.0. The highest BCUT2D eigenvalue weighted by molar-refractivity contribution is 5.97. The van der Waals surface area contributed by atoms with Gasteiger partial charge in [0.05, 0.1) is 0 Å². The van der Waals surface area contributed by atoms with Gasteiger partial charge in [0.2, 0.25) is 23.6 Å². The van der Waals surface area contributed by atoms with Crippen molar-refractivity contribution < 1.29 is 28.7 Å². The van der Waals surface area contributed by atoms with E-state index in [1.165, 1.54) is 5.56 Å². The molecule has 69 heavy (non-hydrogen) atoms. The molecule has 0 spiro atoms. The van der Waals surface area contributed by atoms with Gasteiger partial charge in [0.25, 0.3) is 0 Å². The van der Waals surface area contributed by atoms with Crippen LogP contribution in [0.4, 0.5) is 4.79 Å². The van der Waals surface area contributed by atoms with Gasteiger partial charge in [-0.2, -0.15) is 0 Å². The highest BCUT2D eigenvalue weighted by Gasteiger charge is 2.46. The fourth-order valence-electron chi connectivity index (χ4n) is 9.84. The molecule has 364 valence electrons. The lowest BCUT2D eigenvalue weighted by Gasteiger charge is -2.46. The molecule has 6 atom stereocenters. The van der Waals surface area contributed by atoms with E-state index < -0.39 is 23.8 Å². The lowest BCUT2D eigenvalue weighted by molar-refractivity contribution is -0.152. The van der Waals surface area contributed by atoms with Crippen molar-refractivity contribution in [2.45, 2.75) is 135 Å². The average molecular weight is 936 g/mol. The third-order valence-electron chi connectivity index (χ3n) is 14.0. The summed E-state index contributed by atoms with van der Waals surface area (Å²) in [6.45, 7) is 11.3. The number of rotatable bonds is 12. The summed E-state index contributed by atoms with van der Waals surface area (Å²) in [6.07, 6.45) is 6.06. The van der Waals surface area contributed by atoms with Crippen LogP contribution in [0.2, 0.25) is 0 Å². The molecule has 5 amide bonds. The van der Waals surface area contributed by atoms with Crippen molar-refractivity contribution in [3.8, 4) is 0 Å². The van der Waals surface area contributed by atoms with Crippen molar-refractivity contribution in [3.63, 3.8) is 0 Å². The zero-order chi connectivity index (χ0) is 49.2. The predicted octanol–water partition coefficient (Wildman–Crippen LogP) is 8.74. The first kappa shape index (κ1) is 50.3. The summed E-state index contributed by atoms with van der Waals surface area (Å²) in [5, 5.41) is 21.3. The first-order chi connectivity index (χ1) is 33.1. The lowest BCUT2D eigenvalue weighted by Crippen LogP contribution is -2.64. The summed E-state index contributed by atoms with van der Waals surface area (Å²) in [5.74, 6) is 0.284. The van der Waals surface area contributed by atoms with Crippen LogP contribution in [0.3, 0.4) is 0 Å². The normalized spacial score (nSPS) is 22.1. The Morgan fingerprint density at radius 3 is 1.43 bits per heavy atom. The molecule has 0 radical (unpaired) electrons. The van der Waals surface area contributed by atoms with E-state index in [9.17, 15) is 24.0 Å². The van der Waals surface area contributed by atoms with Crippen LogP contribution in [0.25, 0.3) is 0 Å². The second-order valence-electron chi connectivity index (χ2n) is 20.0. The number of nitrogens with zero attached hydrogens (tertiary/aromatic N) is 3. The molecule has 3 heterocycles. The molecule has 4 aromatic rings. The van der Waals surface area contributed by atoms with Crippen LogP contribution in [0.1, 0.15) is 131 Å². The molecule has 4 N–H and O–H groups in total. The molecule has 4 aliphatic rings. The number of piperidine rings is 1. The minimum atomic E-state index is -0.684. The van der Waals surface area contributed by atoms with Gasteiger partial charge >= 0.3 is 6.09 Å². The monoisotopic (exact) mass is 936 g/mol. The summed E-state index contributed by atoms with van der Waals surface area (Å²) in [7, 11) is 0. The van der Waals surface area contributed by atoms with Gasteiger partial charge in [0, 0.05) is 50.1 Å². The quantitative estimate of drug-likeness (QED) is 0.103. The van der Waals surface area contributed by atoms with E-state index in [1.807, 2.05) is 93.6 Å². The molecule has 0 bridgehead atoms. The first-order valence-electron chi connectivity index (χ1n) is 24.6. The van der Waals surface area contributed by atoms with E-state index in [0.717, 1.165) is 66.3 Å². The molecule has 8 rings (SSSR count). The third kappa shape index (κ3) is 12.9. The van der Waals surface area contributed by atoms with Gasteiger partial charge in [-0.15, -0.1) is 0 Å². The van der Waals surface area contributed by atoms with Crippen molar-refractivity contribution >= 4 is 41.1 Å². The van der Waals surface area contributed by atoms with Gasteiger partial charge in [-0.25, -0.2) is 4.79 Å². The number of benzene rings is 4. The minimum Gasteiger partial charge on any atom is -0.444 e. The maximum Gasteiger partial charge on any atom is 0.410 e. The number of carbonyl (C=O) groups excluding carboxylic acids is 5. The maximum absolute atomic E-state index is 13.8. The number of ether oxygens (including phenoxy) is 1. The summed E-state index contributed by atoms with van der Waals surface area (Å²) in [5.41, 5.74) is 6.45. The van der Waals surface area contributed by atoms with E-state index in [2.05, 4.69) is 47.0 Å². The summed E-state index contributed by atoms with van der Waals surface area (Å²) < 4.78 is 5.64. The Morgan fingerprint density at radius 2 is 1.00 bits per heavy atom. The highest BCUT2D eigenvalue weighted by Crippen LogP contribution is 2.39. The van der Waals surface area contributed by atoms with Crippen LogP contribution in [0, 0.1) is 16.7 Å². The zero-order valence-corrected chi connectivity index (χ0v) is 40.8. The molecular formula is C56H69N7O6. The highest BCUT2D eigenvalue weighted by atomic mass is 16.6. The smallest absolute Gasteiger partial charge is 0.410 e. The van der Waals surface area contributed by atoms with Gasteiger partial charge < -0.3 is 36.0 Å². The lowest BCUT2D eigenvalue weighted by atomic mass is 9.77. The Morgan fingerprint density at radius 1 is 0.551 bits per heavy atom. The Bertz CT molecular complexity index is 2450. The fourth-order valence-corrected chi connectivity index (χ4v) is 9.84. The Labute approximate surface area is 407 Å². The van der Waals surface area contributed by atoms with E-state index in [4.69, 9.17) is 15.6 Å². The van der Waals surface area contributed by atoms with E-state index >= 15 is 0 Å². The number of hydrogen-bond donors (Lipinski definition) is 4.